The van der Waals surface area contributed by atoms with Crippen molar-refractivity contribution in [3.05, 3.63) is 12.2 Å². The van der Waals surface area contributed by atoms with Gasteiger partial charge < -0.3 is 0 Å². The lowest BCUT2D eigenvalue weighted by atomic mass is 9.52. The van der Waals surface area contributed by atoms with Gasteiger partial charge in [0.2, 0.25) is 0 Å². The van der Waals surface area contributed by atoms with Crippen LogP contribution in [0.3, 0.4) is 0 Å². The summed E-state index contributed by atoms with van der Waals surface area (Å²) in [5.74, 6) is 1.99. The number of hydrogen-bond acceptors (Lipinski definition) is 0. The molecule has 0 nitrogen and oxygen atoms in total. The van der Waals surface area contributed by atoms with Crippen LogP contribution in [0.5, 0.6) is 0 Å². The topological polar surface area (TPSA) is 0 Å². The molecule has 3 aliphatic rings. The second-order valence-electron chi connectivity index (χ2n) is 7.52. The highest BCUT2D eigenvalue weighted by atomic mass is 14.5. The number of allylic oxidation sites excluding steroid dienone is 1. The van der Waals surface area contributed by atoms with Gasteiger partial charge in [-0.1, -0.05) is 57.1 Å². The van der Waals surface area contributed by atoms with Crippen LogP contribution in [0.25, 0.3) is 0 Å². The summed E-state index contributed by atoms with van der Waals surface area (Å²) in [6.45, 7) is 4.62. The van der Waals surface area contributed by atoms with Gasteiger partial charge in [0, 0.05) is 0 Å². The standard InChI is InChI=1S/C19H32/c1-16-10-8-9-15-19(16,17-11-4-2-5-12-17)18-13-6-3-7-14-18/h17-18H,1-15H2. The molecule has 3 rings (SSSR count). The lowest BCUT2D eigenvalue weighted by molar-refractivity contribution is 0.0336. The number of rotatable bonds is 2. The Kier molecular flexibility index (Phi) is 4.34. The maximum atomic E-state index is 4.62. The Labute approximate surface area is 120 Å². The predicted molar refractivity (Wildman–Crippen MR) is 83.2 cm³/mol. The quantitative estimate of drug-likeness (QED) is 0.514. The minimum atomic E-state index is 0.582. The van der Waals surface area contributed by atoms with Crippen LogP contribution in [0.1, 0.15) is 89.9 Å². The van der Waals surface area contributed by atoms with Crippen molar-refractivity contribution in [2.75, 3.05) is 0 Å². The van der Waals surface area contributed by atoms with E-state index in [2.05, 4.69) is 6.58 Å². The monoisotopic (exact) mass is 260 g/mol. The van der Waals surface area contributed by atoms with Crippen LogP contribution in [-0.2, 0) is 0 Å². The summed E-state index contributed by atoms with van der Waals surface area (Å²) in [4.78, 5) is 0. The van der Waals surface area contributed by atoms with Crippen LogP contribution in [0.15, 0.2) is 12.2 Å². The van der Waals surface area contributed by atoms with Crippen molar-refractivity contribution in [1.29, 1.82) is 0 Å². The molecule has 0 aliphatic heterocycles. The fourth-order valence-electron chi connectivity index (χ4n) is 5.72. The highest BCUT2D eigenvalue weighted by Gasteiger charge is 2.47. The average molecular weight is 260 g/mol. The van der Waals surface area contributed by atoms with Gasteiger partial charge in [-0.2, -0.15) is 0 Å². The summed E-state index contributed by atoms with van der Waals surface area (Å²) < 4.78 is 0. The Morgan fingerprint density at radius 1 is 0.684 bits per heavy atom. The van der Waals surface area contributed by atoms with Crippen LogP contribution in [0, 0.1) is 17.3 Å². The lowest BCUT2D eigenvalue weighted by Gasteiger charge is -2.53. The molecule has 3 fully saturated rings. The fraction of sp³-hybridized carbons (Fsp3) is 0.895. The van der Waals surface area contributed by atoms with Gasteiger partial charge in [-0.15, -0.1) is 0 Å². The molecular weight excluding hydrogens is 228 g/mol. The first-order valence-electron chi connectivity index (χ1n) is 9.02. The van der Waals surface area contributed by atoms with Gasteiger partial charge in [0.15, 0.2) is 0 Å². The average Bonchev–Trinajstić information content (AvgIpc) is 2.50. The molecule has 0 aromatic carbocycles. The SMILES string of the molecule is C=C1CCCCC1(C1CCCCC1)C1CCCCC1. The number of hydrogen-bond donors (Lipinski definition) is 0. The van der Waals surface area contributed by atoms with Crippen molar-refractivity contribution >= 4 is 0 Å². The van der Waals surface area contributed by atoms with Crippen molar-refractivity contribution < 1.29 is 0 Å². The highest BCUT2D eigenvalue weighted by Crippen LogP contribution is 2.58. The molecule has 0 amide bonds. The third-order valence-electron chi connectivity index (χ3n) is 6.64. The molecule has 0 radical (unpaired) electrons. The second kappa shape index (κ2) is 6.02. The molecule has 0 bridgehead atoms. The van der Waals surface area contributed by atoms with E-state index in [0.717, 1.165) is 11.8 Å². The highest BCUT2D eigenvalue weighted by molar-refractivity contribution is 5.18. The van der Waals surface area contributed by atoms with E-state index in [1.54, 1.807) is 5.57 Å². The first-order valence-corrected chi connectivity index (χ1v) is 9.02. The molecule has 3 saturated carbocycles. The summed E-state index contributed by atoms with van der Waals surface area (Å²) in [7, 11) is 0. The van der Waals surface area contributed by atoms with Gasteiger partial charge in [-0.25, -0.2) is 0 Å². The van der Waals surface area contributed by atoms with Gasteiger partial charge >= 0.3 is 0 Å². The molecule has 0 atom stereocenters. The Balaban J connectivity index is 1.86. The Bertz CT molecular complexity index is 284. The largest absolute Gasteiger partial charge is 0.0993 e. The smallest absolute Gasteiger partial charge is 0.00343 e. The van der Waals surface area contributed by atoms with E-state index in [-0.39, 0.29) is 0 Å². The molecule has 19 heavy (non-hydrogen) atoms. The molecule has 3 aliphatic carbocycles. The summed E-state index contributed by atoms with van der Waals surface area (Å²) in [6.07, 6.45) is 20.7. The summed E-state index contributed by atoms with van der Waals surface area (Å²) in [6, 6.07) is 0. The fourth-order valence-corrected chi connectivity index (χ4v) is 5.72. The molecule has 0 aromatic heterocycles. The van der Waals surface area contributed by atoms with Gasteiger partial charge in [-0.3, -0.25) is 0 Å². The van der Waals surface area contributed by atoms with E-state index in [1.807, 2.05) is 0 Å². The van der Waals surface area contributed by atoms with E-state index < -0.39 is 0 Å². The van der Waals surface area contributed by atoms with Crippen molar-refractivity contribution in [3.63, 3.8) is 0 Å². The second-order valence-corrected chi connectivity index (χ2v) is 7.52. The van der Waals surface area contributed by atoms with Gasteiger partial charge in [0.1, 0.15) is 0 Å². The van der Waals surface area contributed by atoms with Crippen LogP contribution in [0.4, 0.5) is 0 Å². The minimum Gasteiger partial charge on any atom is -0.0993 e. The Morgan fingerprint density at radius 2 is 1.21 bits per heavy atom. The predicted octanol–water partition coefficient (Wildman–Crippen LogP) is 6.26. The molecule has 0 heteroatoms. The molecule has 0 aromatic rings. The van der Waals surface area contributed by atoms with Crippen molar-refractivity contribution in [3.8, 4) is 0 Å². The van der Waals surface area contributed by atoms with E-state index in [9.17, 15) is 0 Å². The zero-order chi connectivity index (χ0) is 13.1. The van der Waals surface area contributed by atoms with E-state index in [4.69, 9.17) is 0 Å². The van der Waals surface area contributed by atoms with Crippen molar-refractivity contribution in [2.45, 2.75) is 89.9 Å². The van der Waals surface area contributed by atoms with Crippen LogP contribution in [0.2, 0.25) is 0 Å². The van der Waals surface area contributed by atoms with E-state index in [0.29, 0.717) is 5.41 Å². The third kappa shape index (κ3) is 2.52. The summed E-state index contributed by atoms with van der Waals surface area (Å²) in [5.41, 5.74) is 2.26. The molecule has 0 spiro atoms. The van der Waals surface area contributed by atoms with Crippen LogP contribution >= 0.6 is 0 Å². The van der Waals surface area contributed by atoms with Gasteiger partial charge in [0.25, 0.3) is 0 Å². The van der Waals surface area contributed by atoms with Gasteiger partial charge in [-0.05, 0) is 62.2 Å². The van der Waals surface area contributed by atoms with Crippen molar-refractivity contribution in [1.82, 2.24) is 0 Å². The van der Waals surface area contributed by atoms with Crippen LogP contribution < -0.4 is 0 Å². The van der Waals surface area contributed by atoms with Crippen molar-refractivity contribution in [2.24, 2.45) is 17.3 Å². The van der Waals surface area contributed by atoms with Crippen LogP contribution in [-0.4, -0.2) is 0 Å². The first kappa shape index (κ1) is 13.7. The van der Waals surface area contributed by atoms with E-state index in [1.165, 1.54) is 89.9 Å². The third-order valence-corrected chi connectivity index (χ3v) is 6.64. The first-order chi connectivity index (χ1) is 9.34. The molecule has 0 saturated heterocycles. The molecule has 0 N–H and O–H groups in total. The maximum absolute atomic E-state index is 4.62. The minimum absolute atomic E-state index is 0.582. The molecule has 0 heterocycles. The zero-order valence-corrected chi connectivity index (χ0v) is 12.8. The lowest BCUT2D eigenvalue weighted by Crippen LogP contribution is -2.43. The summed E-state index contributed by atoms with van der Waals surface area (Å²) >= 11 is 0. The normalized spacial score (nSPS) is 30.4. The van der Waals surface area contributed by atoms with Gasteiger partial charge in [0.05, 0.1) is 0 Å². The molecule has 0 unspecified atom stereocenters. The summed E-state index contributed by atoms with van der Waals surface area (Å²) in [5, 5.41) is 0. The van der Waals surface area contributed by atoms with E-state index >= 15 is 0 Å². The zero-order valence-electron chi connectivity index (χ0n) is 12.8. The Morgan fingerprint density at radius 3 is 1.68 bits per heavy atom. The maximum Gasteiger partial charge on any atom is -0.00343 e. The molecule has 108 valence electrons. The Hall–Kier alpha value is -0.260. The molecular formula is C19H32.